The zero-order chi connectivity index (χ0) is 18.0. The molecule has 1 aliphatic heterocycles. The Morgan fingerprint density at radius 1 is 1.36 bits per heavy atom. The molecule has 136 valence electrons. The second-order valence-corrected chi connectivity index (χ2v) is 6.63. The van der Waals surface area contributed by atoms with E-state index in [0.717, 1.165) is 41.9 Å². The molecular weight excluding hydrogens is 320 g/mol. The van der Waals surface area contributed by atoms with Gasteiger partial charge in [0, 0.05) is 32.3 Å². The summed E-state index contributed by atoms with van der Waals surface area (Å²) in [4.78, 5) is 23.7. The number of carbonyl (C=O) groups is 1. The van der Waals surface area contributed by atoms with Gasteiger partial charge in [0.15, 0.2) is 0 Å². The summed E-state index contributed by atoms with van der Waals surface area (Å²) in [5.74, 6) is 2.48. The zero-order valence-corrected chi connectivity index (χ0v) is 15.4. The van der Waals surface area contributed by atoms with Crippen LogP contribution in [-0.4, -0.2) is 49.2 Å². The van der Waals surface area contributed by atoms with Crippen molar-refractivity contribution in [1.82, 2.24) is 15.3 Å². The maximum Gasteiger partial charge on any atom is 0.231 e. The summed E-state index contributed by atoms with van der Waals surface area (Å²) >= 11 is 0. The largest absolute Gasteiger partial charge is 0.443 e. The minimum Gasteiger partial charge on any atom is -0.443 e. The number of piperidine rings is 1. The number of hydrogen-bond acceptors (Lipinski definition) is 6. The van der Waals surface area contributed by atoms with Crippen molar-refractivity contribution in [2.75, 3.05) is 38.3 Å². The highest BCUT2D eigenvalue weighted by atomic mass is 16.5. The van der Waals surface area contributed by atoms with Crippen LogP contribution in [0.1, 0.15) is 30.0 Å². The number of rotatable bonds is 5. The number of ether oxygens (including phenoxy) is 1. The van der Waals surface area contributed by atoms with E-state index in [-0.39, 0.29) is 11.8 Å². The lowest BCUT2D eigenvalue weighted by Gasteiger charge is -2.33. The van der Waals surface area contributed by atoms with Crippen molar-refractivity contribution in [3.63, 3.8) is 0 Å². The van der Waals surface area contributed by atoms with Crippen LogP contribution in [0.2, 0.25) is 0 Å². The van der Waals surface area contributed by atoms with Crippen molar-refractivity contribution in [3.8, 4) is 0 Å². The summed E-state index contributed by atoms with van der Waals surface area (Å²) in [6.45, 7) is 8.46. The molecule has 1 N–H and O–H groups in total. The third-order valence-corrected chi connectivity index (χ3v) is 4.82. The zero-order valence-electron chi connectivity index (χ0n) is 15.4. The van der Waals surface area contributed by atoms with Crippen molar-refractivity contribution >= 4 is 22.8 Å². The monoisotopic (exact) mass is 346 g/mol. The van der Waals surface area contributed by atoms with E-state index in [4.69, 9.17) is 9.15 Å². The number of methoxy groups -OCH3 is 1. The summed E-state index contributed by atoms with van der Waals surface area (Å²) in [7, 11) is 1.63. The van der Waals surface area contributed by atoms with Gasteiger partial charge < -0.3 is 19.4 Å². The molecule has 1 saturated heterocycles. The van der Waals surface area contributed by atoms with E-state index in [1.54, 1.807) is 7.11 Å². The molecule has 2 aromatic heterocycles. The molecule has 2 aromatic rings. The Labute approximate surface area is 147 Å². The van der Waals surface area contributed by atoms with Crippen LogP contribution in [0.5, 0.6) is 0 Å². The first-order chi connectivity index (χ1) is 12.0. The third-order valence-electron chi connectivity index (χ3n) is 4.82. The number of nitrogens with zero attached hydrogens (tertiary/aromatic N) is 3. The van der Waals surface area contributed by atoms with Crippen LogP contribution in [-0.2, 0) is 9.53 Å². The quantitative estimate of drug-likeness (QED) is 0.836. The average Bonchev–Trinajstić information content (AvgIpc) is 2.88. The van der Waals surface area contributed by atoms with E-state index >= 15 is 0 Å². The average molecular weight is 346 g/mol. The molecule has 0 aliphatic carbocycles. The van der Waals surface area contributed by atoms with E-state index in [2.05, 4.69) is 20.2 Å². The first kappa shape index (κ1) is 17.7. The van der Waals surface area contributed by atoms with Gasteiger partial charge in [-0.2, -0.15) is 4.98 Å². The van der Waals surface area contributed by atoms with Gasteiger partial charge in [0.1, 0.15) is 17.4 Å². The molecule has 0 bridgehead atoms. The number of hydrogen-bond donors (Lipinski definition) is 1. The molecule has 1 fully saturated rings. The first-order valence-corrected chi connectivity index (χ1v) is 8.77. The minimum atomic E-state index is -0.0377. The van der Waals surface area contributed by atoms with Gasteiger partial charge in [0.05, 0.1) is 17.9 Å². The lowest BCUT2D eigenvalue weighted by atomic mass is 9.96. The Bertz CT molecular complexity index is 771. The minimum absolute atomic E-state index is 0.0377. The standard InChI is InChI=1S/C18H26N4O3/c1-11-12(2)25-18-15(11)16(20-13(3)21-18)22-8-5-6-14(10-22)17(23)19-7-9-24-4/h14H,5-10H2,1-4H3,(H,19,23). The van der Waals surface area contributed by atoms with Gasteiger partial charge >= 0.3 is 0 Å². The molecule has 3 rings (SSSR count). The number of amides is 1. The Morgan fingerprint density at radius 2 is 2.16 bits per heavy atom. The van der Waals surface area contributed by atoms with Crippen molar-refractivity contribution < 1.29 is 13.9 Å². The second-order valence-electron chi connectivity index (χ2n) is 6.63. The van der Waals surface area contributed by atoms with E-state index < -0.39 is 0 Å². The Hall–Kier alpha value is -2.15. The summed E-state index contributed by atoms with van der Waals surface area (Å²) in [6, 6.07) is 0. The smallest absolute Gasteiger partial charge is 0.231 e. The summed E-state index contributed by atoms with van der Waals surface area (Å²) < 4.78 is 10.8. The fraction of sp³-hybridized carbons (Fsp3) is 0.611. The number of aromatic nitrogens is 2. The Morgan fingerprint density at radius 3 is 2.92 bits per heavy atom. The number of anilines is 1. The molecule has 0 radical (unpaired) electrons. The van der Waals surface area contributed by atoms with Crippen LogP contribution in [0.25, 0.3) is 11.1 Å². The van der Waals surface area contributed by atoms with E-state index in [1.165, 1.54) is 0 Å². The normalized spacial score (nSPS) is 17.9. The molecule has 0 aromatic carbocycles. The van der Waals surface area contributed by atoms with Crippen LogP contribution in [0.4, 0.5) is 5.82 Å². The first-order valence-electron chi connectivity index (χ1n) is 8.77. The molecule has 0 spiro atoms. The fourth-order valence-corrected chi connectivity index (χ4v) is 3.37. The molecule has 1 atom stereocenters. The van der Waals surface area contributed by atoms with Crippen LogP contribution in [0.3, 0.4) is 0 Å². The molecule has 7 nitrogen and oxygen atoms in total. The molecular formula is C18H26N4O3. The molecule has 25 heavy (non-hydrogen) atoms. The maximum atomic E-state index is 12.4. The van der Waals surface area contributed by atoms with Gasteiger partial charge in [-0.1, -0.05) is 0 Å². The Balaban J connectivity index is 1.84. The topological polar surface area (TPSA) is 80.5 Å². The summed E-state index contributed by atoms with van der Waals surface area (Å²) in [6.07, 6.45) is 1.86. The molecule has 1 amide bonds. The Kier molecular flexibility index (Phi) is 5.22. The fourth-order valence-electron chi connectivity index (χ4n) is 3.37. The van der Waals surface area contributed by atoms with Gasteiger partial charge in [-0.25, -0.2) is 4.98 Å². The number of fused-ring (bicyclic) bond motifs is 1. The SMILES string of the molecule is COCCNC(=O)C1CCCN(c2nc(C)nc3oc(C)c(C)c23)C1. The van der Waals surface area contributed by atoms with Gasteiger partial charge in [-0.3, -0.25) is 4.79 Å². The maximum absolute atomic E-state index is 12.4. The van der Waals surface area contributed by atoms with Crippen LogP contribution in [0, 0.1) is 26.7 Å². The highest BCUT2D eigenvalue weighted by molar-refractivity contribution is 5.90. The van der Waals surface area contributed by atoms with E-state index in [9.17, 15) is 4.79 Å². The van der Waals surface area contributed by atoms with Crippen molar-refractivity contribution in [1.29, 1.82) is 0 Å². The summed E-state index contributed by atoms with van der Waals surface area (Å²) in [5.41, 5.74) is 1.70. The van der Waals surface area contributed by atoms with Crippen molar-refractivity contribution in [3.05, 3.63) is 17.1 Å². The van der Waals surface area contributed by atoms with Crippen LogP contribution >= 0.6 is 0 Å². The lowest BCUT2D eigenvalue weighted by Crippen LogP contribution is -2.44. The predicted molar refractivity (Wildman–Crippen MR) is 95.8 cm³/mol. The highest BCUT2D eigenvalue weighted by Crippen LogP contribution is 2.33. The number of nitrogens with one attached hydrogen (secondary N) is 1. The molecule has 1 aliphatic rings. The predicted octanol–water partition coefficient (Wildman–Crippen LogP) is 2.13. The van der Waals surface area contributed by atoms with Crippen LogP contribution in [0.15, 0.2) is 4.42 Å². The number of furan rings is 1. The van der Waals surface area contributed by atoms with Gasteiger partial charge in [0.25, 0.3) is 0 Å². The van der Waals surface area contributed by atoms with Crippen molar-refractivity contribution in [2.24, 2.45) is 5.92 Å². The van der Waals surface area contributed by atoms with Crippen LogP contribution < -0.4 is 10.2 Å². The van der Waals surface area contributed by atoms with Gasteiger partial charge in [0.2, 0.25) is 11.6 Å². The lowest BCUT2D eigenvalue weighted by molar-refractivity contribution is -0.125. The van der Waals surface area contributed by atoms with Gasteiger partial charge in [-0.15, -0.1) is 0 Å². The highest BCUT2D eigenvalue weighted by Gasteiger charge is 2.28. The molecule has 1 unspecified atom stereocenters. The summed E-state index contributed by atoms with van der Waals surface area (Å²) in [5, 5.41) is 3.91. The van der Waals surface area contributed by atoms with E-state index in [0.29, 0.717) is 31.2 Å². The number of aryl methyl sites for hydroxylation is 3. The van der Waals surface area contributed by atoms with E-state index in [1.807, 2.05) is 20.8 Å². The third kappa shape index (κ3) is 3.61. The van der Waals surface area contributed by atoms with Crippen molar-refractivity contribution in [2.45, 2.75) is 33.6 Å². The van der Waals surface area contributed by atoms with Gasteiger partial charge in [-0.05, 0) is 33.6 Å². The molecule has 7 heteroatoms. The number of carbonyl (C=O) groups excluding carboxylic acids is 1. The second kappa shape index (κ2) is 7.39. The molecule has 3 heterocycles. The molecule has 0 saturated carbocycles.